The summed E-state index contributed by atoms with van der Waals surface area (Å²) in [5.41, 5.74) is 1.88. The molecule has 1 amide bonds. The molecule has 0 saturated carbocycles. The van der Waals surface area contributed by atoms with Gasteiger partial charge in [-0.25, -0.2) is 0 Å². The topological polar surface area (TPSA) is 60.3 Å². The largest absolute Gasteiger partial charge is 0.492 e. The van der Waals surface area contributed by atoms with Crippen LogP contribution in [0, 0.1) is 13.8 Å². The highest BCUT2D eigenvalue weighted by Crippen LogP contribution is 2.24. The van der Waals surface area contributed by atoms with E-state index in [1.807, 2.05) is 26.0 Å². The van der Waals surface area contributed by atoms with Gasteiger partial charge in [0.05, 0.1) is 12.3 Å². The third-order valence-electron chi connectivity index (χ3n) is 3.53. The average molecular weight is 300 g/mol. The van der Waals surface area contributed by atoms with Gasteiger partial charge in [0.1, 0.15) is 11.3 Å². The van der Waals surface area contributed by atoms with Crippen LogP contribution in [0.5, 0.6) is 5.75 Å². The Balaban J connectivity index is 2.39. The van der Waals surface area contributed by atoms with Crippen LogP contribution in [0.25, 0.3) is 0 Å². The van der Waals surface area contributed by atoms with Crippen LogP contribution in [0.15, 0.2) is 35.1 Å². The van der Waals surface area contributed by atoms with Gasteiger partial charge in [0, 0.05) is 12.7 Å². The number of pyridine rings is 1. The van der Waals surface area contributed by atoms with Crippen molar-refractivity contribution >= 4 is 11.6 Å². The van der Waals surface area contributed by atoms with Crippen LogP contribution in [0.1, 0.15) is 28.5 Å². The number of aryl methyl sites for hydroxylation is 2. The van der Waals surface area contributed by atoms with E-state index in [0.29, 0.717) is 23.6 Å². The molecule has 0 aliphatic carbocycles. The van der Waals surface area contributed by atoms with Crippen molar-refractivity contribution in [2.45, 2.75) is 20.8 Å². The Morgan fingerprint density at radius 1 is 1.27 bits per heavy atom. The SMILES string of the molecule is CCOc1ccccc1NC(=O)c1c(C)cc(C)n(C)c1=O. The summed E-state index contributed by atoms with van der Waals surface area (Å²) in [6, 6.07) is 8.98. The molecule has 22 heavy (non-hydrogen) atoms. The Hall–Kier alpha value is -2.56. The molecule has 0 aliphatic heterocycles. The van der Waals surface area contributed by atoms with Crippen LogP contribution in [0.2, 0.25) is 0 Å². The standard InChI is InChI=1S/C17H20N2O3/c1-5-22-14-9-7-6-8-13(14)18-16(20)15-11(2)10-12(3)19(4)17(15)21/h6-10H,5H2,1-4H3,(H,18,20). The fourth-order valence-corrected chi connectivity index (χ4v) is 2.29. The molecule has 5 heteroatoms. The fraction of sp³-hybridized carbons (Fsp3) is 0.294. The van der Waals surface area contributed by atoms with Crippen LogP contribution >= 0.6 is 0 Å². The van der Waals surface area contributed by atoms with Gasteiger partial charge in [-0.15, -0.1) is 0 Å². The van der Waals surface area contributed by atoms with Gasteiger partial charge in [-0.05, 0) is 44.5 Å². The van der Waals surface area contributed by atoms with Crippen molar-refractivity contribution in [1.82, 2.24) is 4.57 Å². The van der Waals surface area contributed by atoms with Crippen LogP contribution in [-0.2, 0) is 7.05 Å². The summed E-state index contributed by atoms with van der Waals surface area (Å²) in [7, 11) is 1.65. The van der Waals surface area contributed by atoms with Crippen LogP contribution < -0.4 is 15.6 Å². The summed E-state index contributed by atoms with van der Waals surface area (Å²) in [6.45, 7) is 5.97. The number of anilines is 1. The molecule has 0 unspecified atom stereocenters. The number of rotatable bonds is 4. The smallest absolute Gasteiger partial charge is 0.263 e. The van der Waals surface area contributed by atoms with Crippen molar-refractivity contribution in [1.29, 1.82) is 0 Å². The zero-order chi connectivity index (χ0) is 16.3. The van der Waals surface area contributed by atoms with Crippen molar-refractivity contribution in [3.63, 3.8) is 0 Å². The lowest BCUT2D eigenvalue weighted by Gasteiger charge is -2.13. The predicted molar refractivity (Wildman–Crippen MR) is 86.7 cm³/mol. The molecule has 1 heterocycles. The molecule has 5 nitrogen and oxygen atoms in total. The Kier molecular flexibility index (Phi) is 4.65. The second kappa shape index (κ2) is 6.47. The summed E-state index contributed by atoms with van der Waals surface area (Å²) in [5.74, 6) is 0.158. The molecule has 0 bridgehead atoms. The normalized spacial score (nSPS) is 10.4. The molecule has 1 N–H and O–H groups in total. The lowest BCUT2D eigenvalue weighted by molar-refractivity contribution is 0.102. The quantitative estimate of drug-likeness (QED) is 0.944. The molecule has 2 aromatic rings. The van der Waals surface area contributed by atoms with Gasteiger partial charge in [-0.1, -0.05) is 12.1 Å². The maximum atomic E-state index is 12.5. The molecule has 0 fully saturated rings. The number of nitrogens with one attached hydrogen (secondary N) is 1. The van der Waals surface area contributed by atoms with Crippen molar-refractivity contribution in [2.75, 3.05) is 11.9 Å². The number of carbonyl (C=O) groups is 1. The molecule has 0 atom stereocenters. The van der Waals surface area contributed by atoms with Crippen molar-refractivity contribution in [2.24, 2.45) is 7.05 Å². The van der Waals surface area contributed by atoms with Crippen LogP contribution in [0.4, 0.5) is 5.69 Å². The van der Waals surface area contributed by atoms with Gasteiger partial charge in [0.25, 0.3) is 11.5 Å². The molecule has 0 saturated heterocycles. The fourth-order valence-electron chi connectivity index (χ4n) is 2.29. The predicted octanol–water partition coefficient (Wildman–Crippen LogP) is 2.65. The van der Waals surface area contributed by atoms with E-state index >= 15 is 0 Å². The highest BCUT2D eigenvalue weighted by molar-refractivity contribution is 6.05. The number of hydrogen-bond acceptors (Lipinski definition) is 3. The van der Waals surface area contributed by atoms with Crippen LogP contribution in [-0.4, -0.2) is 17.1 Å². The van der Waals surface area contributed by atoms with E-state index in [1.165, 1.54) is 4.57 Å². The first kappa shape index (κ1) is 15.8. The third kappa shape index (κ3) is 3.03. The van der Waals surface area contributed by atoms with Crippen molar-refractivity contribution < 1.29 is 9.53 Å². The first-order valence-electron chi connectivity index (χ1n) is 7.16. The minimum absolute atomic E-state index is 0.152. The summed E-state index contributed by atoms with van der Waals surface area (Å²) in [5, 5.41) is 2.76. The van der Waals surface area contributed by atoms with Gasteiger partial charge < -0.3 is 14.6 Å². The van der Waals surface area contributed by atoms with E-state index in [0.717, 1.165) is 5.69 Å². The van der Waals surface area contributed by atoms with Gasteiger partial charge in [-0.3, -0.25) is 9.59 Å². The van der Waals surface area contributed by atoms with E-state index in [4.69, 9.17) is 4.74 Å². The summed E-state index contributed by atoms with van der Waals surface area (Å²) >= 11 is 0. The molecule has 0 radical (unpaired) electrons. The Morgan fingerprint density at radius 3 is 2.64 bits per heavy atom. The van der Waals surface area contributed by atoms with E-state index in [2.05, 4.69) is 5.32 Å². The summed E-state index contributed by atoms with van der Waals surface area (Å²) in [4.78, 5) is 24.8. The molecule has 0 aliphatic rings. The third-order valence-corrected chi connectivity index (χ3v) is 3.53. The summed E-state index contributed by atoms with van der Waals surface area (Å²) < 4.78 is 6.95. The Bertz CT molecular complexity index is 763. The van der Waals surface area contributed by atoms with Gasteiger partial charge in [0.2, 0.25) is 0 Å². The second-order valence-electron chi connectivity index (χ2n) is 5.09. The second-order valence-corrected chi connectivity index (χ2v) is 5.09. The Labute approximate surface area is 129 Å². The molecule has 2 rings (SSSR count). The van der Waals surface area contributed by atoms with E-state index in [9.17, 15) is 9.59 Å². The first-order chi connectivity index (χ1) is 10.5. The molecular weight excluding hydrogens is 280 g/mol. The maximum absolute atomic E-state index is 12.5. The minimum Gasteiger partial charge on any atom is -0.492 e. The van der Waals surface area contributed by atoms with E-state index in [1.54, 1.807) is 32.2 Å². The van der Waals surface area contributed by atoms with E-state index in [-0.39, 0.29) is 11.1 Å². The number of benzene rings is 1. The van der Waals surface area contributed by atoms with Gasteiger partial charge >= 0.3 is 0 Å². The highest BCUT2D eigenvalue weighted by atomic mass is 16.5. The number of carbonyl (C=O) groups excluding carboxylic acids is 1. The number of nitrogens with zero attached hydrogens (tertiary/aromatic N) is 1. The van der Waals surface area contributed by atoms with Gasteiger partial charge in [0.15, 0.2) is 0 Å². The number of aromatic nitrogens is 1. The number of hydrogen-bond donors (Lipinski definition) is 1. The molecular formula is C17H20N2O3. The number of amides is 1. The zero-order valence-electron chi connectivity index (χ0n) is 13.3. The highest BCUT2D eigenvalue weighted by Gasteiger charge is 2.17. The maximum Gasteiger partial charge on any atom is 0.263 e. The van der Waals surface area contributed by atoms with Gasteiger partial charge in [-0.2, -0.15) is 0 Å². The van der Waals surface area contributed by atoms with Crippen molar-refractivity contribution in [3.05, 3.63) is 57.5 Å². The number of ether oxygens (including phenoxy) is 1. The minimum atomic E-state index is -0.426. The average Bonchev–Trinajstić information content (AvgIpc) is 2.47. The lowest BCUT2D eigenvalue weighted by Crippen LogP contribution is -2.30. The first-order valence-corrected chi connectivity index (χ1v) is 7.16. The monoisotopic (exact) mass is 300 g/mol. The van der Waals surface area contributed by atoms with Crippen LogP contribution in [0.3, 0.4) is 0 Å². The number of para-hydroxylation sites is 2. The summed E-state index contributed by atoms with van der Waals surface area (Å²) in [6.07, 6.45) is 0. The molecule has 116 valence electrons. The molecule has 1 aromatic heterocycles. The zero-order valence-corrected chi connectivity index (χ0v) is 13.3. The van der Waals surface area contributed by atoms with E-state index < -0.39 is 5.91 Å². The Morgan fingerprint density at radius 2 is 1.95 bits per heavy atom. The lowest BCUT2D eigenvalue weighted by atomic mass is 10.1. The molecule has 1 aromatic carbocycles. The van der Waals surface area contributed by atoms with Crippen molar-refractivity contribution in [3.8, 4) is 5.75 Å². The molecule has 0 spiro atoms.